The van der Waals surface area contributed by atoms with Gasteiger partial charge in [-0.1, -0.05) is 133 Å². The summed E-state index contributed by atoms with van der Waals surface area (Å²) in [5.74, 6) is 0. The van der Waals surface area contributed by atoms with Crippen molar-refractivity contribution in [1.29, 1.82) is 0 Å². The lowest BCUT2D eigenvalue weighted by atomic mass is 10.0. The van der Waals surface area contributed by atoms with E-state index in [-0.39, 0.29) is 0 Å². The molecule has 6 rings (SSSR count). The minimum atomic E-state index is -3.07. The Bertz CT molecular complexity index is 1660. The van der Waals surface area contributed by atoms with Crippen LogP contribution in [0.5, 0.6) is 0 Å². The van der Waals surface area contributed by atoms with E-state index in [1.54, 1.807) is 0 Å². The van der Waals surface area contributed by atoms with E-state index in [0.29, 0.717) is 0 Å². The lowest BCUT2D eigenvalue weighted by Gasteiger charge is -2.22. The molecule has 0 aliphatic rings. The average molecular weight is 455 g/mol. The molecule has 0 amide bonds. The van der Waals surface area contributed by atoms with Crippen LogP contribution in [0, 0.1) is 0 Å². The Morgan fingerprint density at radius 2 is 1.00 bits per heavy atom. The van der Waals surface area contributed by atoms with Gasteiger partial charge >= 0.3 is 0 Å². The zero-order chi connectivity index (χ0) is 23.0. The van der Waals surface area contributed by atoms with E-state index in [4.69, 9.17) is 0 Å². The van der Waals surface area contributed by atoms with Gasteiger partial charge in [-0.25, -0.2) is 0 Å². The molecule has 1 unspecified atom stereocenters. The molecule has 34 heavy (non-hydrogen) atoms. The molecule has 1 nitrogen and oxygen atoms in total. The summed E-state index contributed by atoms with van der Waals surface area (Å²) in [5, 5.41) is 7.17. The first-order valence-electron chi connectivity index (χ1n) is 11.5. The summed E-state index contributed by atoms with van der Waals surface area (Å²) in [4.78, 5) is 0. The third kappa shape index (κ3) is 3.46. The van der Waals surface area contributed by atoms with Crippen LogP contribution in [0.25, 0.3) is 32.7 Å². The largest absolute Gasteiger partial charge is 0.309 e. The minimum absolute atomic E-state index is 0.847. The molecule has 0 aliphatic carbocycles. The summed E-state index contributed by atoms with van der Waals surface area (Å²) in [6, 6.07) is 47.4. The fourth-order valence-electron chi connectivity index (χ4n) is 4.78. The van der Waals surface area contributed by atoms with Crippen LogP contribution in [-0.2, 0) is 4.57 Å². The lowest BCUT2D eigenvalue weighted by Crippen LogP contribution is -2.25. The van der Waals surface area contributed by atoms with Crippen molar-refractivity contribution in [3.05, 3.63) is 140 Å². The molecule has 0 spiro atoms. The molecule has 0 N–H and O–H groups in total. The Morgan fingerprint density at radius 3 is 1.79 bits per heavy atom. The van der Waals surface area contributed by atoms with Crippen LogP contribution >= 0.6 is 7.14 Å². The molecule has 6 aromatic carbocycles. The SMILES string of the molecule is O=P(c1ccccc1)(c1ccc(-c2ccc3ccccc3c2)cc1)c1cccc2ccccc12. The van der Waals surface area contributed by atoms with Gasteiger partial charge in [-0.15, -0.1) is 0 Å². The Kier molecular flexibility index (Phi) is 5.13. The highest BCUT2D eigenvalue weighted by Gasteiger charge is 2.31. The summed E-state index contributed by atoms with van der Waals surface area (Å²) >= 11 is 0. The third-order valence-electron chi connectivity index (χ3n) is 6.54. The molecule has 0 radical (unpaired) electrons. The van der Waals surface area contributed by atoms with Gasteiger partial charge in [0.25, 0.3) is 0 Å². The fraction of sp³-hybridized carbons (Fsp3) is 0. The normalized spacial score (nSPS) is 13.1. The van der Waals surface area contributed by atoms with Crippen molar-refractivity contribution in [2.24, 2.45) is 0 Å². The van der Waals surface area contributed by atoms with Gasteiger partial charge in [-0.3, -0.25) is 0 Å². The number of hydrogen-bond acceptors (Lipinski definition) is 1. The standard InChI is InChI=1S/C32H23OP/c33-34(29-13-2-1-3-14-29,32-16-8-12-26-10-6-7-15-31(26)32)30-21-19-25(20-22-30)28-18-17-24-9-4-5-11-27(24)23-28/h1-23H. The highest BCUT2D eigenvalue weighted by molar-refractivity contribution is 7.85. The van der Waals surface area contributed by atoms with Crippen molar-refractivity contribution in [2.75, 3.05) is 0 Å². The number of fused-ring (bicyclic) bond motifs is 2. The molecule has 162 valence electrons. The Morgan fingerprint density at radius 1 is 0.412 bits per heavy atom. The molecular formula is C32H23OP. The maximum absolute atomic E-state index is 15.1. The Hall–Kier alpha value is -3.93. The topological polar surface area (TPSA) is 17.1 Å². The van der Waals surface area contributed by atoms with Crippen molar-refractivity contribution < 1.29 is 4.57 Å². The van der Waals surface area contributed by atoms with Gasteiger partial charge in [0.1, 0.15) is 0 Å². The van der Waals surface area contributed by atoms with E-state index >= 15 is 4.57 Å². The number of hydrogen-bond donors (Lipinski definition) is 0. The third-order valence-corrected chi connectivity index (χ3v) is 9.66. The maximum atomic E-state index is 15.1. The zero-order valence-electron chi connectivity index (χ0n) is 18.6. The highest BCUT2D eigenvalue weighted by Crippen LogP contribution is 2.44. The predicted molar refractivity (Wildman–Crippen MR) is 146 cm³/mol. The number of rotatable bonds is 4. The fourth-order valence-corrected chi connectivity index (χ4v) is 7.64. The first-order chi connectivity index (χ1) is 16.7. The summed E-state index contributed by atoms with van der Waals surface area (Å²) < 4.78 is 15.1. The van der Waals surface area contributed by atoms with Crippen LogP contribution in [0.1, 0.15) is 0 Å². The van der Waals surface area contributed by atoms with Crippen LogP contribution in [0.15, 0.2) is 140 Å². The van der Waals surface area contributed by atoms with Crippen LogP contribution in [-0.4, -0.2) is 0 Å². The Balaban J connectivity index is 1.52. The first-order valence-corrected chi connectivity index (χ1v) is 13.2. The lowest BCUT2D eigenvalue weighted by molar-refractivity contribution is 0.592. The maximum Gasteiger partial charge on any atom is 0.171 e. The molecule has 2 heteroatoms. The zero-order valence-corrected chi connectivity index (χ0v) is 19.5. The van der Waals surface area contributed by atoms with Gasteiger partial charge in [0.05, 0.1) is 0 Å². The smallest absolute Gasteiger partial charge is 0.171 e. The van der Waals surface area contributed by atoms with Crippen LogP contribution in [0.3, 0.4) is 0 Å². The van der Waals surface area contributed by atoms with Gasteiger partial charge in [0.2, 0.25) is 0 Å². The molecule has 0 aliphatic heterocycles. The molecule has 0 heterocycles. The van der Waals surface area contributed by atoms with E-state index in [1.807, 2.05) is 66.7 Å². The molecule has 6 aromatic rings. The van der Waals surface area contributed by atoms with Gasteiger partial charge < -0.3 is 4.57 Å². The summed E-state index contributed by atoms with van der Waals surface area (Å²) in [5.41, 5.74) is 2.27. The van der Waals surface area contributed by atoms with Crippen molar-refractivity contribution >= 4 is 44.6 Å². The van der Waals surface area contributed by atoms with Gasteiger partial charge in [-0.2, -0.15) is 0 Å². The molecule has 0 aromatic heterocycles. The monoisotopic (exact) mass is 454 g/mol. The van der Waals surface area contributed by atoms with E-state index in [9.17, 15) is 0 Å². The second-order valence-corrected chi connectivity index (χ2v) is 11.3. The van der Waals surface area contributed by atoms with Crippen LogP contribution in [0.4, 0.5) is 0 Å². The molecule has 0 saturated carbocycles. The Labute approximate surface area is 199 Å². The first kappa shape index (κ1) is 20.7. The minimum Gasteiger partial charge on any atom is -0.309 e. The van der Waals surface area contributed by atoms with Crippen LogP contribution in [0.2, 0.25) is 0 Å². The van der Waals surface area contributed by atoms with Gasteiger partial charge in [-0.05, 0) is 38.7 Å². The molecular weight excluding hydrogens is 431 g/mol. The quantitative estimate of drug-likeness (QED) is 0.256. The molecule has 0 bridgehead atoms. The number of benzene rings is 6. The highest BCUT2D eigenvalue weighted by atomic mass is 31.2. The van der Waals surface area contributed by atoms with E-state index in [1.165, 1.54) is 10.8 Å². The molecule has 0 fully saturated rings. The van der Waals surface area contributed by atoms with E-state index < -0.39 is 7.14 Å². The van der Waals surface area contributed by atoms with Crippen molar-refractivity contribution in [3.63, 3.8) is 0 Å². The van der Waals surface area contributed by atoms with Crippen molar-refractivity contribution in [2.45, 2.75) is 0 Å². The average Bonchev–Trinajstić information content (AvgIpc) is 2.92. The van der Waals surface area contributed by atoms with E-state index in [2.05, 4.69) is 72.8 Å². The second kappa shape index (κ2) is 8.45. The second-order valence-electron chi connectivity index (χ2n) is 8.55. The van der Waals surface area contributed by atoms with Crippen molar-refractivity contribution in [3.8, 4) is 11.1 Å². The molecule has 0 saturated heterocycles. The van der Waals surface area contributed by atoms with Crippen molar-refractivity contribution in [1.82, 2.24) is 0 Å². The van der Waals surface area contributed by atoms with E-state index in [0.717, 1.165) is 37.8 Å². The summed E-state index contributed by atoms with van der Waals surface area (Å²) in [6.07, 6.45) is 0. The molecule has 1 atom stereocenters. The summed E-state index contributed by atoms with van der Waals surface area (Å²) in [7, 11) is -3.07. The summed E-state index contributed by atoms with van der Waals surface area (Å²) in [6.45, 7) is 0. The van der Waals surface area contributed by atoms with Gasteiger partial charge in [0, 0.05) is 15.9 Å². The van der Waals surface area contributed by atoms with Crippen LogP contribution < -0.4 is 15.9 Å². The predicted octanol–water partition coefficient (Wildman–Crippen LogP) is 7.30. The van der Waals surface area contributed by atoms with Gasteiger partial charge in [0.15, 0.2) is 7.14 Å².